The Kier molecular flexibility index (Phi) is 11.7. The molecule has 6 rings (SSSR count). The van der Waals surface area contributed by atoms with Crippen LogP contribution < -0.4 is 30.7 Å². The molecule has 3 aromatic rings. The number of carbonyl (C=O) groups excluding carboxylic acids is 4. The van der Waals surface area contributed by atoms with Crippen molar-refractivity contribution in [2.45, 2.75) is 129 Å². The number of ketones is 1. The zero-order valence-corrected chi connectivity index (χ0v) is 32.9. The molecule has 2 aliphatic carbocycles. The first-order valence-corrected chi connectivity index (χ1v) is 19.3. The Hall–Kier alpha value is -4.76. The number of nitrogens with zero attached hydrogens (tertiary/aromatic N) is 4. The van der Waals surface area contributed by atoms with Gasteiger partial charge in [0.1, 0.15) is 29.9 Å². The molecule has 15 heteroatoms. The van der Waals surface area contributed by atoms with Gasteiger partial charge >= 0.3 is 6.03 Å². The molecule has 298 valence electrons. The van der Waals surface area contributed by atoms with Crippen molar-refractivity contribution < 1.29 is 33.8 Å². The summed E-state index contributed by atoms with van der Waals surface area (Å²) in [5.41, 5.74) is -0.669. The van der Waals surface area contributed by atoms with Crippen LogP contribution in [0.4, 0.5) is 4.79 Å². The third-order valence-corrected chi connectivity index (χ3v) is 10.4. The molecule has 2 unspecified atom stereocenters. The van der Waals surface area contributed by atoms with Crippen molar-refractivity contribution in [3.05, 3.63) is 42.7 Å². The molecule has 5 atom stereocenters. The summed E-state index contributed by atoms with van der Waals surface area (Å²) >= 11 is 0. The third-order valence-electron chi connectivity index (χ3n) is 10.4. The molecule has 0 spiro atoms. The number of hydrogen-bond acceptors (Lipinski definition) is 10. The number of Topliss-reactive ketones (excluding diaryl/α,β-unsaturated/α-hetero) is 1. The second kappa shape index (κ2) is 16.1. The minimum atomic E-state index is -1.40. The smallest absolute Gasteiger partial charge is 0.315 e. The largest absolute Gasteiger partial charge is 0.497 e. The van der Waals surface area contributed by atoms with Crippen molar-refractivity contribution in [1.29, 1.82) is 0 Å². The summed E-state index contributed by atoms with van der Waals surface area (Å²) in [6.07, 6.45) is 6.59. The monoisotopic (exact) mass is 760 g/mol. The Morgan fingerprint density at radius 1 is 1.04 bits per heavy atom. The molecule has 4 amide bonds. The standard InChI is InChI=1S/C40H56N8O7/c1-39(2,3)34(45-38(53)46-40(4,5)6)37(52)47-22-26(55-31-21-32(48-17-9-16-41-48)43-28-19-25(54-7)14-15-27(28)31)20-30(47)35(50)44-29(18-23-10-8-11-23)33(49)36(51)42-24-12-13-24/h9,14-17,19,21,23-24,26,29-30,34-35,44,50H,8,10-13,18,20,22H2,1-7H3,(H,42,51)(H2,45,46,53)/t26-,29+,30?,34-,35?/m1/s1. The molecule has 0 bridgehead atoms. The lowest BCUT2D eigenvalue weighted by molar-refractivity contribution is -0.142. The average Bonchev–Trinajstić information content (AvgIpc) is 3.54. The lowest BCUT2D eigenvalue weighted by atomic mass is 9.80. The zero-order chi connectivity index (χ0) is 39.7. The van der Waals surface area contributed by atoms with Crippen molar-refractivity contribution in [2.24, 2.45) is 11.3 Å². The number of carbonyl (C=O) groups is 4. The normalized spacial score (nSPS) is 20.6. The maximum Gasteiger partial charge on any atom is 0.315 e. The molecule has 3 aliphatic rings. The molecule has 5 N–H and O–H groups in total. The number of likely N-dealkylation sites (tertiary alicyclic amines) is 1. The van der Waals surface area contributed by atoms with E-state index in [0.29, 0.717) is 34.6 Å². The number of nitrogens with one attached hydrogen (secondary N) is 4. The van der Waals surface area contributed by atoms with Gasteiger partial charge in [-0.2, -0.15) is 5.10 Å². The van der Waals surface area contributed by atoms with Gasteiger partial charge in [0.05, 0.1) is 31.3 Å². The number of pyridine rings is 1. The molecule has 3 fully saturated rings. The predicted molar refractivity (Wildman–Crippen MR) is 206 cm³/mol. The molecule has 2 aromatic heterocycles. The topological polar surface area (TPSA) is 189 Å². The fourth-order valence-corrected chi connectivity index (χ4v) is 7.15. The number of aromatic nitrogens is 3. The molecule has 1 saturated heterocycles. The number of hydrogen-bond donors (Lipinski definition) is 5. The highest BCUT2D eigenvalue weighted by atomic mass is 16.5. The van der Waals surface area contributed by atoms with Crippen molar-refractivity contribution in [2.75, 3.05) is 13.7 Å². The second-order valence-corrected chi connectivity index (χ2v) is 17.3. The van der Waals surface area contributed by atoms with E-state index in [1.807, 2.05) is 53.7 Å². The van der Waals surface area contributed by atoms with E-state index in [1.165, 1.54) is 4.90 Å². The number of methoxy groups -OCH3 is 1. The maximum atomic E-state index is 14.7. The summed E-state index contributed by atoms with van der Waals surface area (Å²) in [5.74, 6) is 0.157. The van der Waals surface area contributed by atoms with E-state index in [2.05, 4.69) is 26.4 Å². The van der Waals surface area contributed by atoms with Crippen LogP contribution in [0.25, 0.3) is 16.7 Å². The van der Waals surface area contributed by atoms with Crippen LogP contribution in [0.1, 0.15) is 86.5 Å². The van der Waals surface area contributed by atoms with Gasteiger partial charge in [0, 0.05) is 47.9 Å². The number of amides is 4. The van der Waals surface area contributed by atoms with Gasteiger partial charge in [0.15, 0.2) is 5.82 Å². The summed E-state index contributed by atoms with van der Waals surface area (Å²) in [6, 6.07) is 5.73. The molecular weight excluding hydrogens is 704 g/mol. The Balaban J connectivity index is 1.32. The average molecular weight is 761 g/mol. The van der Waals surface area contributed by atoms with Gasteiger partial charge in [0.2, 0.25) is 11.7 Å². The van der Waals surface area contributed by atoms with Gasteiger partial charge in [-0.3, -0.25) is 19.7 Å². The van der Waals surface area contributed by atoms with Crippen LogP contribution in [-0.4, -0.2) is 104 Å². The lowest BCUT2D eigenvalue weighted by Crippen LogP contribution is -2.62. The summed E-state index contributed by atoms with van der Waals surface area (Å²) in [6.45, 7) is 11.2. The van der Waals surface area contributed by atoms with Crippen LogP contribution in [0.15, 0.2) is 42.7 Å². The molecule has 1 aromatic carbocycles. The number of ether oxygens (including phenoxy) is 2. The van der Waals surface area contributed by atoms with Crippen LogP contribution in [0.2, 0.25) is 0 Å². The molecule has 15 nitrogen and oxygen atoms in total. The Labute approximate surface area is 322 Å². The first kappa shape index (κ1) is 39.9. The lowest BCUT2D eigenvalue weighted by Gasteiger charge is -2.38. The number of urea groups is 1. The number of aliphatic hydroxyl groups excluding tert-OH is 1. The van der Waals surface area contributed by atoms with Crippen molar-refractivity contribution in [1.82, 2.24) is 40.9 Å². The minimum Gasteiger partial charge on any atom is -0.497 e. The number of rotatable bonds is 14. The van der Waals surface area contributed by atoms with Crippen LogP contribution in [0.3, 0.4) is 0 Å². The van der Waals surface area contributed by atoms with Crippen LogP contribution >= 0.6 is 0 Å². The van der Waals surface area contributed by atoms with Gasteiger partial charge < -0.3 is 35.4 Å². The molecule has 2 saturated carbocycles. The van der Waals surface area contributed by atoms with Gasteiger partial charge in [-0.25, -0.2) is 14.5 Å². The Morgan fingerprint density at radius 2 is 1.78 bits per heavy atom. The first-order valence-electron chi connectivity index (χ1n) is 19.3. The molecule has 0 radical (unpaired) electrons. The molecule has 3 heterocycles. The quantitative estimate of drug-likeness (QED) is 0.120. The van der Waals surface area contributed by atoms with E-state index >= 15 is 0 Å². The highest BCUT2D eigenvalue weighted by Gasteiger charge is 2.47. The van der Waals surface area contributed by atoms with Crippen LogP contribution in [0.5, 0.6) is 11.5 Å². The highest BCUT2D eigenvalue weighted by molar-refractivity contribution is 6.38. The van der Waals surface area contributed by atoms with Crippen LogP contribution in [-0.2, 0) is 14.4 Å². The first-order chi connectivity index (χ1) is 26.0. The Bertz CT molecular complexity index is 1860. The highest BCUT2D eigenvalue weighted by Crippen LogP contribution is 2.35. The fraction of sp³-hybridized carbons (Fsp3) is 0.600. The van der Waals surface area contributed by atoms with Gasteiger partial charge in [-0.05, 0) is 69.6 Å². The van der Waals surface area contributed by atoms with E-state index < -0.39 is 65.0 Å². The fourth-order valence-electron chi connectivity index (χ4n) is 7.15. The zero-order valence-electron chi connectivity index (χ0n) is 32.9. The molecule has 55 heavy (non-hydrogen) atoms. The van der Waals surface area contributed by atoms with E-state index in [-0.39, 0.29) is 24.9 Å². The van der Waals surface area contributed by atoms with Gasteiger partial charge in [-0.1, -0.05) is 40.0 Å². The summed E-state index contributed by atoms with van der Waals surface area (Å²) in [4.78, 5) is 60.8. The SMILES string of the molecule is COc1ccc2c(O[C@@H]3CC(C(O)N[C@@H](CC4CCC4)C(=O)C(=O)NC4CC4)N(C(=O)[C@@H](NC(=O)NC(C)(C)C)C(C)(C)C)C3)cc(-n3cccn3)nc2c1. The van der Waals surface area contributed by atoms with Gasteiger partial charge in [0.25, 0.3) is 5.91 Å². The van der Waals surface area contributed by atoms with E-state index in [4.69, 9.17) is 14.5 Å². The maximum absolute atomic E-state index is 14.7. The number of fused-ring (bicyclic) bond motifs is 1. The van der Waals surface area contributed by atoms with Crippen LogP contribution in [0, 0.1) is 11.3 Å². The second-order valence-electron chi connectivity index (χ2n) is 17.3. The number of benzene rings is 1. The predicted octanol–water partition coefficient (Wildman–Crippen LogP) is 3.60. The summed E-state index contributed by atoms with van der Waals surface area (Å²) in [5, 5.41) is 28.7. The van der Waals surface area contributed by atoms with Crippen molar-refractivity contribution in [3.63, 3.8) is 0 Å². The minimum absolute atomic E-state index is 0.00283. The Morgan fingerprint density at radius 3 is 2.38 bits per heavy atom. The molecule has 1 aliphatic heterocycles. The van der Waals surface area contributed by atoms with E-state index in [0.717, 1.165) is 32.1 Å². The molecular formula is C40H56N8O7. The number of aliphatic hydroxyl groups is 1. The summed E-state index contributed by atoms with van der Waals surface area (Å²) in [7, 11) is 1.58. The summed E-state index contributed by atoms with van der Waals surface area (Å²) < 4.78 is 13.8. The van der Waals surface area contributed by atoms with E-state index in [9.17, 15) is 24.3 Å². The van der Waals surface area contributed by atoms with Gasteiger partial charge in [-0.15, -0.1) is 0 Å². The van der Waals surface area contributed by atoms with Crippen molar-refractivity contribution >= 4 is 34.5 Å². The third kappa shape index (κ3) is 9.92. The van der Waals surface area contributed by atoms with Crippen molar-refractivity contribution in [3.8, 4) is 17.3 Å². The van der Waals surface area contributed by atoms with E-state index in [1.54, 1.807) is 42.4 Å².